The minimum absolute atomic E-state index is 0.156. The van der Waals surface area contributed by atoms with Crippen LogP contribution in [-0.2, 0) is 6.54 Å². The number of hydrogen-bond donors (Lipinski definition) is 0. The molecule has 0 N–H and O–H groups in total. The van der Waals surface area contributed by atoms with Gasteiger partial charge in [-0.05, 0) is 29.8 Å². The number of likely N-dealkylation sites (tertiary alicyclic amines) is 1. The minimum atomic E-state index is -0.668. The number of halogens is 2. The molecule has 1 fully saturated rings. The molecule has 2 atom stereocenters. The van der Waals surface area contributed by atoms with Gasteiger partial charge in [-0.3, -0.25) is 9.69 Å². The molecule has 3 heterocycles. The normalized spacial score (nSPS) is 19.5. The first-order valence-corrected chi connectivity index (χ1v) is 11.7. The van der Waals surface area contributed by atoms with Gasteiger partial charge in [-0.15, -0.1) is 0 Å². The van der Waals surface area contributed by atoms with Crippen molar-refractivity contribution in [2.75, 3.05) is 20.1 Å². The zero-order chi connectivity index (χ0) is 24.8. The van der Waals surface area contributed by atoms with E-state index in [9.17, 15) is 13.6 Å². The summed E-state index contributed by atoms with van der Waals surface area (Å²) in [6.45, 7) is 1.73. The smallest absolute Gasteiger partial charge is 0.257 e. The van der Waals surface area contributed by atoms with Crippen LogP contribution in [0.25, 0.3) is 22.4 Å². The first-order chi connectivity index (χ1) is 17.5. The second-order valence-corrected chi connectivity index (χ2v) is 9.21. The van der Waals surface area contributed by atoms with Gasteiger partial charge in [-0.2, -0.15) is 0 Å². The molecule has 182 valence electrons. The average Bonchev–Trinajstić information content (AvgIpc) is 3.49. The van der Waals surface area contributed by atoms with Crippen molar-refractivity contribution in [3.63, 3.8) is 0 Å². The Morgan fingerprint density at radius 3 is 2.56 bits per heavy atom. The highest BCUT2D eigenvalue weighted by Gasteiger charge is 2.42. The van der Waals surface area contributed by atoms with E-state index in [-0.39, 0.29) is 23.6 Å². The lowest BCUT2D eigenvalue weighted by atomic mass is 10.0. The van der Waals surface area contributed by atoms with E-state index in [0.717, 1.165) is 23.1 Å². The van der Waals surface area contributed by atoms with E-state index in [0.29, 0.717) is 36.5 Å². The lowest BCUT2D eigenvalue weighted by molar-refractivity contribution is 0.0682. The van der Waals surface area contributed by atoms with E-state index < -0.39 is 11.6 Å². The SMILES string of the molecule is CN1C(=O)c2ccc(-c3ccc(F)cc3F)cc2O[C@H]2CN(Cc3cc(-c4ccccc4)no3)C[C@H]21. The summed E-state index contributed by atoms with van der Waals surface area (Å²) in [7, 11) is 1.78. The molecule has 1 saturated heterocycles. The van der Waals surface area contributed by atoms with Gasteiger partial charge in [0.15, 0.2) is 5.76 Å². The number of carbonyl (C=O) groups is 1. The van der Waals surface area contributed by atoms with Gasteiger partial charge >= 0.3 is 0 Å². The van der Waals surface area contributed by atoms with E-state index >= 15 is 0 Å². The van der Waals surface area contributed by atoms with E-state index in [1.165, 1.54) is 12.1 Å². The van der Waals surface area contributed by atoms with Crippen LogP contribution in [-0.4, -0.2) is 53.1 Å². The summed E-state index contributed by atoms with van der Waals surface area (Å²) < 4.78 is 39.7. The fraction of sp³-hybridized carbons (Fsp3) is 0.214. The zero-order valence-electron chi connectivity index (χ0n) is 19.5. The van der Waals surface area contributed by atoms with Crippen LogP contribution in [0.15, 0.2) is 77.3 Å². The van der Waals surface area contributed by atoms with Gasteiger partial charge in [-0.1, -0.05) is 41.6 Å². The molecule has 8 heteroatoms. The Balaban J connectivity index is 1.23. The Morgan fingerprint density at radius 1 is 0.944 bits per heavy atom. The van der Waals surface area contributed by atoms with Gasteiger partial charge in [0.1, 0.15) is 29.2 Å². The molecular formula is C28H23F2N3O3. The minimum Gasteiger partial charge on any atom is -0.486 e. The fourth-order valence-corrected chi connectivity index (χ4v) is 4.99. The second kappa shape index (κ2) is 8.87. The van der Waals surface area contributed by atoms with Crippen molar-refractivity contribution in [1.82, 2.24) is 15.0 Å². The number of aromatic nitrogens is 1. The summed E-state index contributed by atoms with van der Waals surface area (Å²) in [5.74, 6) is -0.340. The number of rotatable bonds is 4. The Morgan fingerprint density at radius 2 is 1.75 bits per heavy atom. The lowest BCUT2D eigenvalue weighted by Gasteiger charge is -2.25. The quantitative estimate of drug-likeness (QED) is 0.405. The standard InChI is InChI=1S/C28H23F2N3O3/c1-32-25-15-33(14-20-13-24(31-36-20)17-5-3-2-4-6-17)16-27(25)35-26-11-18(7-9-22(26)28(32)34)21-10-8-19(29)12-23(21)30/h2-13,25,27H,14-16H2,1H3/t25-,27+/m1/s1. The van der Waals surface area contributed by atoms with E-state index in [2.05, 4.69) is 10.1 Å². The third-order valence-electron chi connectivity index (χ3n) is 6.87. The highest BCUT2D eigenvalue weighted by Crippen LogP contribution is 2.35. The Bertz CT molecular complexity index is 1440. The Labute approximate surface area is 206 Å². The molecule has 3 aromatic carbocycles. The molecule has 1 aromatic heterocycles. The van der Waals surface area contributed by atoms with E-state index in [1.807, 2.05) is 36.4 Å². The summed E-state index contributed by atoms with van der Waals surface area (Å²) in [5, 5.41) is 4.19. The first kappa shape index (κ1) is 22.4. The number of fused-ring (bicyclic) bond motifs is 2. The predicted molar refractivity (Wildman–Crippen MR) is 129 cm³/mol. The van der Waals surface area contributed by atoms with Crippen LogP contribution in [0.3, 0.4) is 0 Å². The number of hydrogen-bond acceptors (Lipinski definition) is 5. The maximum absolute atomic E-state index is 14.4. The monoisotopic (exact) mass is 487 g/mol. The lowest BCUT2D eigenvalue weighted by Crippen LogP contribution is -2.44. The van der Waals surface area contributed by atoms with Crippen LogP contribution in [0.2, 0.25) is 0 Å². The number of carbonyl (C=O) groups excluding carboxylic acids is 1. The van der Waals surface area contributed by atoms with Crippen molar-refractivity contribution >= 4 is 5.91 Å². The van der Waals surface area contributed by atoms with Crippen LogP contribution >= 0.6 is 0 Å². The average molecular weight is 488 g/mol. The molecule has 6 rings (SSSR count). The molecule has 2 aliphatic heterocycles. The van der Waals surface area contributed by atoms with Crippen molar-refractivity contribution in [2.24, 2.45) is 0 Å². The van der Waals surface area contributed by atoms with Crippen LogP contribution in [0, 0.1) is 11.6 Å². The maximum atomic E-state index is 14.4. The number of ether oxygens (including phenoxy) is 1. The first-order valence-electron chi connectivity index (χ1n) is 11.7. The summed E-state index contributed by atoms with van der Waals surface area (Å²) in [5.41, 5.74) is 2.95. The van der Waals surface area contributed by atoms with Crippen LogP contribution in [0.1, 0.15) is 16.1 Å². The maximum Gasteiger partial charge on any atom is 0.257 e. The Hall–Kier alpha value is -4.04. The number of benzene rings is 3. The van der Waals surface area contributed by atoms with Gasteiger partial charge in [0.2, 0.25) is 0 Å². The van der Waals surface area contributed by atoms with Gasteiger partial charge in [0.05, 0.1) is 18.2 Å². The molecule has 36 heavy (non-hydrogen) atoms. The molecule has 0 aliphatic carbocycles. The second-order valence-electron chi connectivity index (χ2n) is 9.21. The molecule has 4 aromatic rings. The molecule has 0 radical (unpaired) electrons. The van der Waals surface area contributed by atoms with Gasteiger partial charge in [0.25, 0.3) is 5.91 Å². The highest BCUT2D eigenvalue weighted by atomic mass is 19.1. The zero-order valence-corrected chi connectivity index (χ0v) is 19.5. The van der Waals surface area contributed by atoms with Crippen molar-refractivity contribution in [1.29, 1.82) is 0 Å². The summed E-state index contributed by atoms with van der Waals surface area (Å²) >= 11 is 0. The van der Waals surface area contributed by atoms with Crippen molar-refractivity contribution < 1.29 is 22.8 Å². The van der Waals surface area contributed by atoms with Gasteiger partial charge < -0.3 is 14.2 Å². The van der Waals surface area contributed by atoms with Crippen LogP contribution < -0.4 is 4.74 Å². The van der Waals surface area contributed by atoms with Crippen LogP contribution in [0.4, 0.5) is 8.78 Å². The molecule has 0 bridgehead atoms. The predicted octanol–water partition coefficient (Wildman–Crippen LogP) is 5.00. The Kier molecular flexibility index (Phi) is 5.53. The fourth-order valence-electron chi connectivity index (χ4n) is 4.99. The highest BCUT2D eigenvalue weighted by molar-refractivity contribution is 5.98. The third kappa shape index (κ3) is 4.03. The molecule has 0 unspecified atom stereocenters. The van der Waals surface area contributed by atoms with E-state index in [4.69, 9.17) is 9.26 Å². The molecule has 6 nitrogen and oxygen atoms in total. The molecule has 0 saturated carbocycles. The van der Waals surface area contributed by atoms with Crippen molar-refractivity contribution in [2.45, 2.75) is 18.7 Å². The molecular weight excluding hydrogens is 464 g/mol. The number of likely N-dealkylation sites (N-methyl/N-ethyl adjacent to an activating group) is 1. The van der Waals surface area contributed by atoms with Crippen molar-refractivity contribution in [3.8, 4) is 28.1 Å². The van der Waals surface area contributed by atoms with Gasteiger partial charge in [-0.25, -0.2) is 8.78 Å². The third-order valence-corrected chi connectivity index (χ3v) is 6.87. The summed E-state index contributed by atoms with van der Waals surface area (Å²) in [4.78, 5) is 17.1. The van der Waals surface area contributed by atoms with Gasteiger partial charge in [0, 0.05) is 43.4 Å². The van der Waals surface area contributed by atoms with E-state index in [1.54, 1.807) is 30.1 Å². The topological polar surface area (TPSA) is 58.8 Å². The van der Waals surface area contributed by atoms with Crippen molar-refractivity contribution in [3.05, 3.63) is 95.8 Å². The molecule has 2 aliphatic rings. The van der Waals surface area contributed by atoms with Crippen LogP contribution in [0.5, 0.6) is 5.75 Å². The number of amides is 1. The summed E-state index contributed by atoms with van der Waals surface area (Å²) in [6.07, 6.45) is -0.273. The molecule has 1 amide bonds. The summed E-state index contributed by atoms with van der Waals surface area (Å²) in [6, 6.07) is 20.0. The number of nitrogens with zero attached hydrogens (tertiary/aromatic N) is 3. The molecule has 0 spiro atoms. The largest absolute Gasteiger partial charge is 0.486 e.